The number of hydrogen-bond acceptors (Lipinski definition) is 3. The maximum Gasteiger partial charge on any atom is 0.323 e. The molecular formula is C14H19F2NO2. The Bertz CT molecular complexity index is 458. The topological polar surface area (TPSA) is 52.3 Å². The average Bonchev–Trinajstić information content (AvgIpc) is 2.20. The van der Waals surface area contributed by atoms with E-state index in [-0.39, 0.29) is 12.0 Å². The van der Waals surface area contributed by atoms with E-state index < -0.39 is 29.2 Å². The molecule has 19 heavy (non-hydrogen) atoms. The minimum atomic E-state index is -1.09. The number of aryl methyl sites for hydroxylation is 1. The van der Waals surface area contributed by atoms with Gasteiger partial charge in [0.1, 0.15) is 23.3 Å². The molecule has 106 valence electrons. The van der Waals surface area contributed by atoms with Gasteiger partial charge in [-0.1, -0.05) is 0 Å². The fourth-order valence-electron chi connectivity index (χ4n) is 1.61. The predicted octanol–water partition coefficient (Wildman–Crippen LogP) is 2.48. The summed E-state index contributed by atoms with van der Waals surface area (Å²) in [5, 5.41) is 0. The van der Waals surface area contributed by atoms with Crippen molar-refractivity contribution in [3.05, 3.63) is 34.9 Å². The molecule has 0 aliphatic heterocycles. The second-order valence-electron chi connectivity index (χ2n) is 5.55. The summed E-state index contributed by atoms with van der Waals surface area (Å²) in [6, 6.07) is 1.33. The maximum atomic E-state index is 13.6. The smallest absolute Gasteiger partial charge is 0.323 e. The van der Waals surface area contributed by atoms with Crippen LogP contribution in [-0.2, 0) is 16.0 Å². The third-order valence-electron chi connectivity index (χ3n) is 2.42. The Balaban J connectivity index is 2.83. The van der Waals surface area contributed by atoms with Crippen LogP contribution in [0.1, 0.15) is 31.9 Å². The first-order valence-electron chi connectivity index (χ1n) is 6.03. The third-order valence-corrected chi connectivity index (χ3v) is 2.42. The zero-order chi connectivity index (χ0) is 14.8. The molecule has 1 aromatic rings. The van der Waals surface area contributed by atoms with Gasteiger partial charge in [0.2, 0.25) is 0 Å². The molecule has 0 bridgehead atoms. The summed E-state index contributed by atoms with van der Waals surface area (Å²) in [7, 11) is 0. The molecule has 0 heterocycles. The van der Waals surface area contributed by atoms with Crippen LogP contribution in [0.3, 0.4) is 0 Å². The fraction of sp³-hybridized carbons (Fsp3) is 0.500. The summed E-state index contributed by atoms with van der Waals surface area (Å²) in [6.07, 6.45) is -0.229. The largest absolute Gasteiger partial charge is 0.459 e. The van der Waals surface area contributed by atoms with E-state index >= 15 is 0 Å². The molecule has 0 aliphatic rings. The number of carbonyl (C=O) groups excluding carboxylic acids is 1. The summed E-state index contributed by atoms with van der Waals surface area (Å²) in [6.45, 7) is 6.68. The van der Waals surface area contributed by atoms with Crippen LogP contribution < -0.4 is 5.73 Å². The van der Waals surface area contributed by atoms with Crippen LogP contribution in [0.4, 0.5) is 8.78 Å². The first-order chi connectivity index (χ1) is 8.60. The van der Waals surface area contributed by atoms with E-state index in [0.29, 0.717) is 5.56 Å². The minimum absolute atomic E-state index is 0.191. The van der Waals surface area contributed by atoms with Crippen LogP contribution in [0.2, 0.25) is 0 Å². The lowest BCUT2D eigenvalue weighted by Gasteiger charge is -2.22. The monoisotopic (exact) mass is 271 g/mol. The summed E-state index contributed by atoms with van der Waals surface area (Å²) >= 11 is 0. The van der Waals surface area contributed by atoms with Gasteiger partial charge in [0.25, 0.3) is 0 Å². The highest BCUT2D eigenvalue weighted by Crippen LogP contribution is 2.17. The Morgan fingerprint density at radius 1 is 1.32 bits per heavy atom. The van der Waals surface area contributed by atoms with Gasteiger partial charge in [0.05, 0.1) is 0 Å². The summed E-state index contributed by atoms with van der Waals surface area (Å²) < 4.78 is 32.3. The van der Waals surface area contributed by atoms with Crippen molar-refractivity contribution in [1.29, 1.82) is 0 Å². The summed E-state index contributed by atoms with van der Waals surface area (Å²) in [4.78, 5) is 11.7. The van der Waals surface area contributed by atoms with Crippen LogP contribution in [0.25, 0.3) is 0 Å². The molecule has 3 nitrogen and oxygen atoms in total. The molecule has 0 spiro atoms. The Hall–Kier alpha value is -1.49. The molecule has 5 heteroatoms. The van der Waals surface area contributed by atoms with Gasteiger partial charge in [-0.3, -0.25) is 4.79 Å². The summed E-state index contributed by atoms with van der Waals surface area (Å²) in [5.74, 6) is -2.07. The van der Waals surface area contributed by atoms with Crippen LogP contribution in [0.15, 0.2) is 12.1 Å². The molecule has 0 radical (unpaired) electrons. The Morgan fingerprint density at radius 2 is 1.79 bits per heavy atom. The molecule has 0 amide bonds. The van der Waals surface area contributed by atoms with Crippen molar-refractivity contribution in [2.75, 3.05) is 0 Å². The molecule has 2 N–H and O–H groups in total. The van der Waals surface area contributed by atoms with E-state index in [1.807, 2.05) is 0 Å². The Morgan fingerprint density at radius 3 is 2.21 bits per heavy atom. The standard InChI is InChI=1S/C14H19F2NO2/c1-8-5-10(15)9(11(16)6-8)7-12(17)13(18)19-14(2,3)4/h5-6,12H,7,17H2,1-4H3/t12-/m0/s1. The van der Waals surface area contributed by atoms with Gasteiger partial charge < -0.3 is 10.5 Å². The lowest BCUT2D eigenvalue weighted by atomic mass is 10.0. The molecule has 0 aromatic heterocycles. The molecule has 1 aromatic carbocycles. The molecule has 0 aliphatic carbocycles. The van der Waals surface area contributed by atoms with Gasteiger partial charge in [-0.2, -0.15) is 0 Å². The van der Waals surface area contributed by atoms with Gasteiger partial charge in [-0.05, 0) is 45.4 Å². The number of hydrogen-bond donors (Lipinski definition) is 1. The number of ether oxygens (including phenoxy) is 1. The van der Waals surface area contributed by atoms with Gasteiger partial charge in [-0.15, -0.1) is 0 Å². The lowest BCUT2D eigenvalue weighted by molar-refractivity contribution is -0.156. The normalized spacial score (nSPS) is 13.2. The highest BCUT2D eigenvalue weighted by molar-refractivity contribution is 5.76. The fourth-order valence-corrected chi connectivity index (χ4v) is 1.61. The molecule has 0 saturated heterocycles. The first-order valence-corrected chi connectivity index (χ1v) is 6.03. The van der Waals surface area contributed by atoms with E-state index in [9.17, 15) is 13.6 Å². The number of nitrogens with two attached hydrogens (primary N) is 1. The lowest BCUT2D eigenvalue weighted by Crippen LogP contribution is -2.39. The number of esters is 1. The van der Waals surface area contributed by atoms with Crippen molar-refractivity contribution in [3.63, 3.8) is 0 Å². The second kappa shape index (κ2) is 5.65. The summed E-state index contributed by atoms with van der Waals surface area (Å²) in [5.41, 5.74) is 5.23. The molecule has 0 saturated carbocycles. The van der Waals surface area contributed by atoms with Crippen molar-refractivity contribution >= 4 is 5.97 Å². The Labute approximate surface area is 111 Å². The third kappa shape index (κ3) is 4.59. The average molecular weight is 271 g/mol. The highest BCUT2D eigenvalue weighted by atomic mass is 19.1. The zero-order valence-electron chi connectivity index (χ0n) is 11.6. The van der Waals surface area contributed by atoms with Gasteiger partial charge in [-0.25, -0.2) is 8.78 Å². The zero-order valence-corrected chi connectivity index (χ0v) is 11.6. The SMILES string of the molecule is Cc1cc(F)c(C[C@H](N)C(=O)OC(C)(C)C)c(F)c1. The van der Waals surface area contributed by atoms with Crippen molar-refractivity contribution in [2.45, 2.75) is 45.8 Å². The second-order valence-corrected chi connectivity index (χ2v) is 5.55. The molecule has 1 rings (SSSR count). The van der Waals surface area contributed by atoms with Gasteiger partial charge in [0, 0.05) is 12.0 Å². The molecule has 0 unspecified atom stereocenters. The Kier molecular flexibility index (Phi) is 4.63. The first kappa shape index (κ1) is 15.6. The number of halogens is 2. The van der Waals surface area contributed by atoms with E-state index in [1.165, 1.54) is 12.1 Å². The van der Waals surface area contributed by atoms with Crippen LogP contribution in [-0.4, -0.2) is 17.6 Å². The predicted molar refractivity (Wildman–Crippen MR) is 68.6 cm³/mol. The van der Waals surface area contributed by atoms with Crippen molar-refractivity contribution < 1.29 is 18.3 Å². The number of benzene rings is 1. The van der Waals surface area contributed by atoms with E-state index in [0.717, 1.165) is 0 Å². The minimum Gasteiger partial charge on any atom is -0.459 e. The number of carbonyl (C=O) groups is 1. The van der Waals surface area contributed by atoms with E-state index in [1.54, 1.807) is 27.7 Å². The van der Waals surface area contributed by atoms with E-state index in [4.69, 9.17) is 10.5 Å². The molecule has 1 atom stereocenters. The van der Waals surface area contributed by atoms with Crippen LogP contribution >= 0.6 is 0 Å². The maximum absolute atomic E-state index is 13.6. The van der Waals surface area contributed by atoms with Crippen molar-refractivity contribution in [1.82, 2.24) is 0 Å². The molecular weight excluding hydrogens is 252 g/mol. The molecule has 0 fully saturated rings. The van der Waals surface area contributed by atoms with Crippen LogP contribution in [0.5, 0.6) is 0 Å². The number of rotatable bonds is 3. The van der Waals surface area contributed by atoms with Gasteiger partial charge >= 0.3 is 5.97 Å². The van der Waals surface area contributed by atoms with E-state index in [2.05, 4.69) is 0 Å². The van der Waals surface area contributed by atoms with Crippen molar-refractivity contribution in [2.24, 2.45) is 5.73 Å². The highest BCUT2D eigenvalue weighted by Gasteiger charge is 2.24. The van der Waals surface area contributed by atoms with Gasteiger partial charge in [0.15, 0.2) is 0 Å². The van der Waals surface area contributed by atoms with Crippen molar-refractivity contribution in [3.8, 4) is 0 Å². The van der Waals surface area contributed by atoms with Crippen LogP contribution in [0, 0.1) is 18.6 Å². The quantitative estimate of drug-likeness (QED) is 0.859.